The van der Waals surface area contributed by atoms with Crippen molar-refractivity contribution in [1.29, 1.82) is 0 Å². The smallest absolute Gasteiger partial charge is 0.306 e. The van der Waals surface area contributed by atoms with Crippen LogP contribution in [0.15, 0.2) is 24.3 Å². The van der Waals surface area contributed by atoms with E-state index in [0.717, 1.165) is 5.56 Å². The minimum absolute atomic E-state index is 0.0458. The van der Waals surface area contributed by atoms with Gasteiger partial charge in [-0.1, -0.05) is 52.0 Å². The molecule has 0 saturated carbocycles. The van der Waals surface area contributed by atoms with Gasteiger partial charge in [0, 0.05) is 12.0 Å². The molecule has 3 nitrogen and oxygen atoms in total. The average molecular weight is 248 g/mol. The molecule has 1 N–H and O–H groups in total. The minimum atomic E-state index is -0.935. The van der Waals surface area contributed by atoms with Gasteiger partial charge >= 0.3 is 5.97 Å². The van der Waals surface area contributed by atoms with Gasteiger partial charge in [-0.25, -0.2) is 0 Å². The van der Waals surface area contributed by atoms with Gasteiger partial charge in [0.1, 0.15) is 0 Å². The lowest BCUT2D eigenvalue weighted by Gasteiger charge is -2.19. The van der Waals surface area contributed by atoms with E-state index in [1.165, 1.54) is 0 Å². The van der Waals surface area contributed by atoms with Crippen molar-refractivity contribution in [3.05, 3.63) is 35.4 Å². The van der Waals surface area contributed by atoms with Gasteiger partial charge in [-0.05, 0) is 11.0 Å². The Kier molecular flexibility index (Phi) is 4.28. The predicted octanol–water partition coefficient (Wildman–Crippen LogP) is 3.28. The number of hydrogen-bond acceptors (Lipinski definition) is 2. The standard InChI is InChI=1S/C15H20O3/c1-10(14(17)18)9-13(16)11-5-7-12(8-6-11)15(2,3)4/h5-8,10H,9H2,1-4H3,(H,17,18)/t10-/m0/s1. The lowest BCUT2D eigenvalue weighted by Crippen LogP contribution is -2.15. The van der Waals surface area contributed by atoms with E-state index >= 15 is 0 Å². The number of carboxylic acid groups (broad SMARTS) is 1. The molecular weight excluding hydrogens is 228 g/mol. The summed E-state index contributed by atoms with van der Waals surface area (Å²) in [7, 11) is 0. The van der Waals surface area contributed by atoms with E-state index in [0.29, 0.717) is 5.56 Å². The number of ketones is 1. The second-order valence-corrected chi connectivity index (χ2v) is 5.69. The lowest BCUT2D eigenvalue weighted by molar-refractivity contribution is -0.141. The SMILES string of the molecule is C[C@@H](CC(=O)c1ccc(C(C)(C)C)cc1)C(=O)O. The summed E-state index contributed by atoms with van der Waals surface area (Å²) >= 11 is 0. The van der Waals surface area contributed by atoms with E-state index in [9.17, 15) is 9.59 Å². The zero-order chi connectivity index (χ0) is 13.9. The highest BCUT2D eigenvalue weighted by atomic mass is 16.4. The van der Waals surface area contributed by atoms with Crippen molar-refractivity contribution in [2.45, 2.75) is 39.5 Å². The number of Topliss-reactive ketones (excluding diaryl/α,β-unsaturated/α-hetero) is 1. The first-order chi connectivity index (χ1) is 8.21. The highest BCUT2D eigenvalue weighted by Crippen LogP contribution is 2.22. The van der Waals surface area contributed by atoms with Crippen LogP contribution in [0.4, 0.5) is 0 Å². The van der Waals surface area contributed by atoms with Crippen LogP contribution >= 0.6 is 0 Å². The predicted molar refractivity (Wildman–Crippen MR) is 70.9 cm³/mol. The molecule has 0 aliphatic rings. The van der Waals surface area contributed by atoms with Gasteiger partial charge < -0.3 is 5.11 Å². The van der Waals surface area contributed by atoms with E-state index in [4.69, 9.17) is 5.11 Å². The molecule has 3 heteroatoms. The normalized spacial score (nSPS) is 13.1. The molecule has 0 aromatic heterocycles. The van der Waals surface area contributed by atoms with Crippen molar-refractivity contribution in [1.82, 2.24) is 0 Å². The molecule has 0 unspecified atom stereocenters. The summed E-state index contributed by atoms with van der Waals surface area (Å²) in [6, 6.07) is 7.41. The molecule has 1 aromatic rings. The van der Waals surface area contributed by atoms with Crippen molar-refractivity contribution in [3.63, 3.8) is 0 Å². The number of rotatable bonds is 4. The monoisotopic (exact) mass is 248 g/mol. The van der Waals surface area contributed by atoms with Crippen LogP contribution in [0.25, 0.3) is 0 Å². The second kappa shape index (κ2) is 5.34. The van der Waals surface area contributed by atoms with Gasteiger partial charge in [0.2, 0.25) is 0 Å². The Morgan fingerprint density at radius 2 is 1.67 bits per heavy atom. The van der Waals surface area contributed by atoms with Crippen LogP contribution in [0.1, 0.15) is 50.0 Å². The number of carboxylic acids is 1. The first kappa shape index (κ1) is 14.4. The molecule has 98 valence electrons. The number of hydrogen-bond donors (Lipinski definition) is 1. The number of carbonyl (C=O) groups is 2. The fraction of sp³-hybridized carbons (Fsp3) is 0.467. The van der Waals surface area contributed by atoms with Crippen LogP contribution in [0, 0.1) is 5.92 Å². The maximum absolute atomic E-state index is 11.9. The molecular formula is C15H20O3. The van der Waals surface area contributed by atoms with Crippen LogP contribution in [0.5, 0.6) is 0 Å². The van der Waals surface area contributed by atoms with E-state index in [2.05, 4.69) is 20.8 Å². The molecule has 0 fully saturated rings. The van der Waals surface area contributed by atoms with Gasteiger partial charge in [-0.15, -0.1) is 0 Å². The molecule has 18 heavy (non-hydrogen) atoms. The Bertz CT molecular complexity index is 438. The van der Waals surface area contributed by atoms with Crippen LogP contribution in [-0.4, -0.2) is 16.9 Å². The van der Waals surface area contributed by atoms with Crippen molar-refractivity contribution >= 4 is 11.8 Å². The van der Waals surface area contributed by atoms with Crippen molar-refractivity contribution in [2.75, 3.05) is 0 Å². The second-order valence-electron chi connectivity index (χ2n) is 5.69. The van der Waals surface area contributed by atoms with E-state index < -0.39 is 11.9 Å². The average Bonchev–Trinajstić information content (AvgIpc) is 2.27. The number of aliphatic carboxylic acids is 1. The van der Waals surface area contributed by atoms with Crippen molar-refractivity contribution < 1.29 is 14.7 Å². The first-order valence-corrected chi connectivity index (χ1v) is 6.08. The zero-order valence-electron chi connectivity index (χ0n) is 11.4. The number of benzene rings is 1. The van der Waals surface area contributed by atoms with Crippen molar-refractivity contribution in [2.24, 2.45) is 5.92 Å². The van der Waals surface area contributed by atoms with Gasteiger partial charge in [0.25, 0.3) is 0 Å². The Labute approximate surface area is 108 Å². The molecule has 0 bridgehead atoms. The molecule has 0 spiro atoms. The highest BCUT2D eigenvalue weighted by molar-refractivity contribution is 5.97. The summed E-state index contributed by atoms with van der Waals surface area (Å²) in [5, 5.41) is 8.78. The van der Waals surface area contributed by atoms with E-state index in [-0.39, 0.29) is 17.6 Å². The van der Waals surface area contributed by atoms with Crippen LogP contribution < -0.4 is 0 Å². The molecule has 1 aromatic carbocycles. The Morgan fingerprint density at radius 1 is 1.17 bits per heavy atom. The molecule has 1 rings (SSSR count). The molecule has 0 aliphatic heterocycles. The third-order valence-corrected chi connectivity index (χ3v) is 2.99. The molecule has 0 heterocycles. The maximum Gasteiger partial charge on any atom is 0.306 e. The summed E-state index contributed by atoms with van der Waals surface area (Å²) in [6.45, 7) is 7.87. The molecule has 0 radical (unpaired) electrons. The van der Waals surface area contributed by atoms with Gasteiger partial charge in [0.05, 0.1) is 5.92 Å². The summed E-state index contributed by atoms with van der Waals surface area (Å²) in [6.07, 6.45) is 0.0458. The van der Waals surface area contributed by atoms with Crippen LogP contribution in [-0.2, 0) is 10.2 Å². The molecule has 0 aliphatic carbocycles. The Balaban J connectivity index is 2.80. The molecule has 1 atom stereocenters. The summed E-state index contributed by atoms with van der Waals surface area (Å²) in [4.78, 5) is 22.6. The number of carbonyl (C=O) groups excluding carboxylic acids is 1. The zero-order valence-corrected chi connectivity index (χ0v) is 11.4. The fourth-order valence-corrected chi connectivity index (χ4v) is 1.64. The summed E-state index contributed by atoms with van der Waals surface area (Å²) in [5.74, 6) is -1.69. The Morgan fingerprint density at radius 3 is 2.06 bits per heavy atom. The Hall–Kier alpha value is -1.64. The maximum atomic E-state index is 11.9. The summed E-state index contributed by atoms with van der Waals surface area (Å²) < 4.78 is 0. The first-order valence-electron chi connectivity index (χ1n) is 6.08. The molecule has 0 saturated heterocycles. The van der Waals surface area contributed by atoms with Crippen LogP contribution in [0.2, 0.25) is 0 Å². The quantitative estimate of drug-likeness (QED) is 0.832. The van der Waals surface area contributed by atoms with E-state index in [1.54, 1.807) is 19.1 Å². The minimum Gasteiger partial charge on any atom is -0.481 e. The van der Waals surface area contributed by atoms with Crippen LogP contribution in [0.3, 0.4) is 0 Å². The van der Waals surface area contributed by atoms with Crippen molar-refractivity contribution in [3.8, 4) is 0 Å². The fourth-order valence-electron chi connectivity index (χ4n) is 1.64. The largest absolute Gasteiger partial charge is 0.481 e. The highest BCUT2D eigenvalue weighted by Gasteiger charge is 2.18. The topological polar surface area (TPSA) is 54.4 Å². The van der Waals surface area contributed by atoms with Gasteiger partial charge in [-0.2, -0.15) is 0 Å². The molecule has 0 amide bonds. The lowest BCUT2D eigenvalue weighted by atomic mass is 9.86. The third kappa shape index (κ3) is 3.69. The summed E-state index contributed by atoms with van der Waals surface area (Å²) in [5.41, 5.74) is 1.79. The van der Waals surface area contributed by atoms with E-state index in [1.807, 2.05) is 12.1 Å². The van der Waals surface area contributed by atoms with Gasteiger partial charge in [-0.3, -0.25) is 9.59 Å². The van der Waals surface area contributed by atoms with Gasteiger partial charge in [0.15, 0.2) is 5.78 Å². The third-order valence-electron chi connectivity index (χ3n) is 2.99.